The first kappa shape index (κ1) is 14.9. The van der Waals surface area contributed by atoms with Gasteiger partial charge in [-0.05, 0) is 24.8 Å². The molecule has 0 spiro atoms. The van der Waals surface area contributed by atoms with Gasteiger partial charge >= 0.3 is 6.09 Å². The first-order valence-electron chi connectivity index (χ1n) is 7.34. The average molecular weight is 277 g/mol. The molecule has 1 fully saturated rings. The fourth-order valence-corrected chi connectivity index (χ4v) is 2.86. The summed E-state index contributed by atoms with van der Waals surface area (Å²) in [7, 11) is 0. The van der Waals surface area contributed by atoms with Crippen LogP contribution in [-0.4, -0.2) is 23.3 Å². The highest BCUT2D eigenvalue weighted by Crippen LogP contribution is 2.31. The first-order chi connectivity index (χ1) is 9.74. The molecule has 1 saturated carbocycles. The molecule has 0 atom stereocenters. The van der Waals surface area contributed by atoms with E-state index in [4.69, 9.17) is 4.74 Å². The molecule has 4 nitrogen and oxygen atoms in total. The Bertz CT molecular complexity index is 407. The van der Waals surface area contributed by atoms with Crippen LogP contribution in [0, 0.1) is 0 Å². The van der Waals surface area contributed by atoms with Crippen LogP contribution in [0.2, 0.25) is 0 Å². The van der Waals surface area contributed by atoms with Crippen molar-refractivity contribution in [2.24, 2.45) is 0 Å². The van der Waals surface area contributed by atoms with Crippen molar-refractivity contribution in [2.45, 2.75) is 50.7 Å². The third-order valence-electron chi connectivity index (χ3n) is 3.98. The van der Waals surface area contributed by atoms with E-state index in [0.29, 0.717) is 6.42 Å². The Labute approximate surface area is 120 Å². The smallest absolute Gasteiger partial charge is 0.407 e. The van der Waals surface area contributed by atoms with Gasteiger partial charge in [-0.2, -0.15) is 0 Å². The van der Waals surface area contributed by atoms with Crippen molar-refractivity contribution in [3.8, 4) is 0 Å². The van der Waals surface area contributed by atoms with E-state index in [-0.39, 0.29) is 24.8 Å². The van der Waals surface area contributed by atoms with Crippen molar-refractivity contribution in [1.82, 2.24) is 5.32 Å². The third kappa shape index (κ3) is 4.23. The van der Waals surface area contributed by atoms with Crippen LogP contribution >= 0.6 is 0 Å². The second-order valence-corrected chi connectivity index (χ2v) is 5.50. The van der Waals surface area contributed by atoms with Gasteiger partial charge in [-0.25, -0.2) is 4.79 Å². The number of ether oxygens (including phenoxy) is 1. The lowest BCUT2D eigenvalue weighted by molar-refractivity contribution is 0.107. The van der Waals surface area contributed by atoms with Crippen molar-refractivity contribution >= 4 is 6.09 Å². The van der Waals surface area contributed by atoms with Crippen LogP contribution in [-0.2, 0) is 11.3 Å². The van der Waals surface area contributed by atoms with Gasteiger partial charge in [0.1, 0.15) is 6.61 Å². The molecule has 0 unspecified atom stereocenters. The van der Waals surface area contributed by atoms with E-state index in [2.05, 4.69) is 5.32 Å². The quantitative estimate of drug-likeness (QED) is 0.870. The molecule has 0 bridgehead atoms. The van der Waals surface area contributed by atoms with Gasteiger partial charge < -0.3 is 15.2 Å². The fraction of sp³-hybridized carbons (Fsp3) is 0.562. The lowest BCUT2D eigenvalue weighted by Crippen LogP contribution is -2.50. The SMILES string of the molecule is O=C(NC1(CCO)CCCCC1)OCc1ccccc1. The second kappa shape index (κ2) is 7.29. The molecule has 110 valence electrons. The second-order valence-electron chi connectivity index (χ2n) is 5.50. The molecule has 1 amide bonds. The van der Waals surface area contributed by atoms with Gasteiger partial charge in [-0.15, -0.1) is 0 Å². The summed E-state index contributed by atoms with van der Waals surface area (Å²) in [4.78, 5) is 11.9. The summed E-state index contributed by atoms with van der Waals surface area (Å²) in [6.07, 6.45) is 5.46. The minimum atomic E-state index is -0.385. The first-order valence-corrected chi connectivity index (χ1v) is 7.34. The zero-order valence-corrected chi connectivity index (χ0v) is 11.8. The van der Waals surface area contributed by atoms with Crippen LogP contribution in [0.1, 0.15) is 44.1 Å². The maximum Gasteiger partial charge on any atom is 0.407 e. The van der Waals surface area contributed by atoms with Crippen LogP contribution in [0.3, 0.4) is 0 Å². The van der Waals surface area contributed by atoms with Gasteiger partial charge in [0.05, 0.1) is 0 Å². The molecule has 0 aliphatic heterocycles. The number of carbonyl (C=O) groups is 1. The molecule has 20 heavy (non-hydrogen) atoms. The van der Waals surface area contributed by atoms with E-state index in [1.165, 1.54) is 6.42 Å². The number of carbonyl (C=O) groups excluding carboxylic acids is 1. The van der Waals surface area contributed by atoms with Crippen molar-refractivity contribution in [3.05, 3.63) is 35.9 Å². The number of aliphatic hydroxyl groups is 1. The highest BCUT2D eigenvalue weighted by atomic mass is 16.5. The van der Waals surface area contributed by atoms with Crippen LogP contribution < -0.4 is 5.32 Å². The molecular weight excluding hydrogens is 254 g/mol. The minimum absolute atomic E-state index is 0.0962. The van der Waals surface area contributed by atoms with E-state index in [1.54, 1.807) is 0 Å². The molecule has 0 radical (unpaired) electrons. The van der Waals surface area contributed by atoms with E-state index < -0.39 is 0 Å². The van der Waals surface area contributed by atoms with E-state index >= 15 is 0 Å². The number of amides is 1. The summed E-state index contributed by atoms with van der Waals surface area (Å²) < 4.78 is 5.27. The van der Waals surface area contributed by atoms with Crippen molar-refractivity contribution < 1.29 is 14.6 Å². The molecule has 0 saturated heterocycles. The molecule has 0 aromatic heterocycles. The van der Waals surface area contributed by atoms with Gasteiger partial charge in [0, 0.05) is 12.1 Å². The van der Waals surface area contributed by atoms with Crippen LogP contribution in [0.4, 0.5) is 4.79 Å². The molecule has 2 N–H and O–H groups in total. The number of nitrogens with one attached hydrogen (secondary N) is 1. The Morgan fingerprint density at radius 2 is 1.90 bits per heavy atom. The third-order valence-corrected chi connectivity index (χ3v) is 3.98. The van der Waals surface area contributed by atoms with Crippen molar-refractivity contribution in [2.75, 3.05) is 6.61 Å². The fourth-order valence-electron chi connectivity index (χ4n) is 2.86. The van der Waals surface area contributed by atoms with E-state index in [9.17, 15) is 9.90 Å². The summed E-state index contributed by atoms with van der Waals surface area (Å²) >= 11 is 0. The Hall–Kier alpha value is -1.55. The molecule has 1 aliphatic carbocycles. The standard InChI is InChI=1S/C16H23NO3/c18-12-11-16(9-5-2-6-10-16)17-15(19)20-13-14-7-3-1-4-8-14/h1,3-4,7-8,18H,2,5-6,9-13H2,(H,17,19). The summed E-state index contributed by atoms with van der Waals surface area (Å²) in [6, 6.07) is 9.63. The monoisotopic (exact) mass is 277 g/mol. The minimum Gasteiger partial charge on any atom is -0.445 e. The predicted molar refractivity (Wildman–Crippen MR) is 77.3 cm³/mol. The molecule has 0 heterocycles. The molecule has 1 aromatic carbocycles. The van der Waals surface area contributed by atoms with Gasteiger partial charge in [0.15, 0.2) is 0 Å². The summed E-state index contributed by atoms with van der Waals surface area (Å²) in [5.74, 6) is 0. The van der Waals surface area contributed by atoms with Gasteiger partial charge in [-0.1, -0.05) is 49.6 Å². The highest BCUT2D eigenvalue weighted by Gasteiger charge is 2.33. The number of benzene rings is 1. The topological polar surface area (TPSA) is 58.6 Å². The summed E-state index contributed by atoms with van der Waals surface area (Å²) in [6.45, 7) is 0.376. The Morgan fingerprint density at radius 1 is 1.20 bits per heavy atom. The predicted octanol–water partition coefficient (Wildman–Crippen LogP) is 3.00. The Kier molecular flexibility index (Phi) is 5.41. The summed E-state index contributed by atoms with van der Waals surface area (Å²) in [5, 5.41) is 12.2. The lowest BCUT2D eigenvalue weighted by Gasteiger charge is -2.37. The van der Waals surface area contributed by atoms with Gasteiger partial charge in [-0.3, -0.25) is 0 Å². The number of hydrogen-bond donors (Lipinski definition) is 2. The normalized spacial score (nSPS) is 17.4. The molecule has 1 aromatic rings. The average Bonchev–Trinajstić information content (AvgIpc) is 2.47. The Balaban J connectivity index is 1.85. The largest absolute Gasteiger partial charge is 0.445 e. The number of rotatable bonds is 5. The molecular formula is C16H23NO3. The molecule has 2 rings (SSSR count). The summed E-state index contributed by atoms with van der Waals surface area (Å²) in [5.41, 5.74) is 0.698. The van der Waals surface area contributed by atoms with Crippen LogP contribution in [0.25, 0.3) is 0 Å². The zero-order valence-electron chi connectivity index (χ0n) is 11.8. The number of aliphatic hydroxyl groups excluding tert-OH is 1. The maximum absolute atomic E-state index is 11.9. The zero-order chi connectivity index (χ0) is 14.3. The van der Waals surface area contributed by atoms with E-state index in [0.717, 1.165) is 31.2 Å². The molecule has 4 heteroatoms. The van der Waals surface area contributed by atoms with Crippen molar-refractivity contribution in [3.63, 3.8) is 0 Å². The molecule has 1 aliphatic rings. The van der Waals surface area contributed by atoms with Crippen LogP contribution in [0.5, 0.6) is 0 Å². The van der Waals surface area contributed by atoms with Gasteiger partial charge in [0.25, 0.3) is 0 Å². The Morgan fingerprint density at radius 3 is 2.55 bits per heavy atom. The highest BCUT2D eigenvalue weighted by molar-refractivity contribution is 5.68. The number of alkyl carbamates (subject to hydrolysis) is 1. The van der Waals surface area contributed by atoms with Crippen LogP contribution in [0.15, 0.2) is 30.3 Å². The van der Waals surface area contributed by atoms with Crippen molar-refractivity contribution in [1.29, 1.82) is 0 Å². The maximum atomic E-state index is 11.9. The lowest BCUT2D eigenvalue weighted by atomic mass is 9.79. The van der Waals surface area contributed by atoms with Gasteiger partial charge in [0.2, 0.25) is 0 Å². The number of hydrogen-bond acceptors (Lipinski definition) is 3. The van der Waals surface area contributed by atoms with E-state index in [1.807, 2.05) is 30.3 Å².